The Labute approximate surface area is 866 Å². The van der Waals surface area contributed by atoms with Gasteiger partial charge < -0.3 is 41.4 Å². The summed E-state index contributed by atoms with van der Waals surface area (Å²) in [6, 6.07) is 79.2. The van der Waals surface area contributed by atoms with Gasteiger partial charge in [-0.2, -0.15) is 0 Å². The van der Waals surface area contributed by atoms with Crippen LogP contribution in [0.4, 0.5) is 34.1 Å². The van der Waals surface area contributed by atoms with Gasteiger partial charge in [0, 0.05) is 68.5 Å². The Hall–Kier alpha value is -11.7. The molecule has 6 aliphatic heterocycles. The summed E-state index contributed by atoms with van der Waals surface area (Å²) in [5.74, 6) is -0.180. The first-order chi connectivity index (χ1) is 69.5. The molecule has 0 amide bonds. The van der Waals surface area contributed by atoms with Crippen molar-refractivity contribution in [2.75, 3.05) is 122 Å². The van der Waals surface area contributed by atoms with Crippen LogP contribution in [0.25, 0.3) is 0 Å². The standard InChI is InChI=1S/C22H28N2O4S.C20H26N2O2S.C19H24N2O3S.2C18H22N2O2S.C16H18N2O2S/c1-4-28-21(25)11-7-8-14-23-22-17-9-5-6-10-19(17)24(3)29(26,27)20-15-16(2)12-13-18(20)22;1-4-5-8-13-21-20-16-9-6-7-10-18(16)22(3)25(23,24)19-14-15(2)11-12-17(19)20;1-14-9-10-16-18(13-14)25(22,23)21(2)17-8-5-4-7-15(17)19(16)20-11-6-12-24-3;1-12(2)19-18-14-7-5-6-8-16(14)20(4)23(21,22)17-11-13(3)9-10-15(17)18;1-4-11-19-18-14-7-5-6-8-16(14)20(3)23(21,22)17-12-13(2)9-10-15(17)18;1-11-8-9-13-15(10-11)21(19,20)18(3)14-7-5-4-6-12(14)16(13)17-2/h5-6,9-10,12-13,15,22-23H,4,7-8,11,14H2,1-3H3;6-7,9-12,14,20-21H,4-5,8,13H2,1-3H3;4-5,7-10,13,19-20H,6,11-12H2,1-3H3;5-12,18-19H,1-4H3;5-10,12,18-19H,4,11H2,1-3H3;4-10,16-17H,1-3H3. The fourth-order valence-electron chi connectivity index (χ4n) is 19.3. The van der Waals surface area contributed by atoms with Crippen molar-refractivity contribution in [1.82, 2.24) is 31.9 Å². The number of hydrogen-bond donors (Lipinski definition) is 6. The highest BCUT2D eigenvalue weighted by Gasteiger charge is 2.42. The number of nitrogens with one attached hydrogen (secondary N) is 6. The van der Waals surface area contributed by atoms with Crippen LogP contribution >= 0.6 is 0 Å². The normalized spacial score (nSPS) is 18.5. The third-order valence-electron chi connectivity index (χ3n) is 27.1. The van der Waals surface area contributed by atoms with E-state index in [-0.39, 0.29) is 48.3 Å². The molecule has 0 aromatic heterocycles. The number of rotatable bonds is 23. The van der Waals surface area contributed by atoms with Gasteiger partial charge in [-0.25, -0.2) is 50.5 Å². The molecule has 0 aliphatic carbocycles. The van der Waals surface area contributed by atoms with Gasteiger partial charge in [-0.15, -0.1) is 0 Å². The average Bonchev–Trinajstić information content (AvgIpc) is 1.63. The summed E-state index contributed by atoms with van der Waals surface area (Å²) in [6.07, 6.45) is 7.17. The number of unbranched alkanes of at least 4 members (excludes halogenated alkanes) is 3. The van der Waals surface area contributed by atoms with E-state index < -0.39 is 60.1 Å². The molecule has 0 bridgehead atoms. The van der Waals surface area contributed by atoms with Gasteiger partial charge in [0.15, 0.2) is 0 Å². The Morgan fingerprint density at radius 3 is 0.774 bits per heavy atom. The van der Waals surface area contributed by atoms with E-state index in [1.807, 2.05) is 267 Å². The first-order valence-electron chi connectivity index (χ1n) is 49.7. The van der Waals surface area contributed by atoms with Gasteiger partial charge in [-0.05, 0) is 301 Å². The maximum atomic E-state index is 13.2. The van der Waals surface area contributed by atoms with E-state index in [0.717, 1.165) is 175 Å². The van der Waals surface area contributed by atoms with E-state index in [2.05, 4.69) is 59.6 Å². The van der Waals surface area contributed by atoms with E-state index in [1.54, 1.807) is 92.7 Å². The predicted molar refractivity (Wildman–Crippen MR) is 586 cm³/mol. The number of ether oxygens (including phenoxy) is 2. The van der Waals surface area contributed by atoms with E-state index in [4.69, 9.17) is 9.47 Å². The summed E-state index contributed by atoms with van der Waals surface area (Å²) in [4.78, 5) is 13.8. The van der Waals surface area contributed by atoms with Crippen LogP contribution in [0.1, 0.15) is 222 Å². The van der Waals surface area contributed by atoms with Crippen molar-refractivity contribution < 1.29 is 64.8 Å². The molecular weight excluding hydrogens is 1960 g/mol. The molecule has 27 nitrogen and oxygen atoms in total. The maximum Gasteiger partial charge on any atom is 0.305 e. The zero-order valence-electron chi connectivity index (χ0n) is 86.9. The molecule has 6 heterocycles. The molecule has 0 fully saturated rings. The third-order valence-corrected chi connectivity index (χ3v) is 38.0. The number of aryl methyl sites for hydroxylation is 6. The second-order valence-corrected chi connectivity index (χ2v) is 49.4. The second-order valence-electron chi connectivity index (χ2n) is 37.8. The van der Waals surface area contributed by atoms with Crippen LogP contribution < -0.4 is 57.7 Å². The summed E-state index contributed by atoms with van der Waals surface area (Å²) < 4.78 is 176. The number of methoxy groups -OCH3 is 1. The number of carbonyl (C=O) groups excluding carboxylic acids is 1. The lowest BCUT2D eigenvalue weighted by Gasteiger charge is -2.23. The molecule has 12 aromatic rings. The summed E-state index contributed by atoms with van der Waals surface area (Å²) in [6.45, 7) is 25.9. The minimum absolute atomic E-state index is 0.122. The summed E-state index contributed by atoms with van der Waals surface area (Å²) in [5, 5.41) is 20.9. The van der Waals surface area contributed by atoms with Crippen LogP contribution in [0.3, 0.4) is 0 Å². The lowest BCUT2D eigenvalue weighted by molar-refractivity contribution is -0.143. The lowest BCUT2D eigenvalue weighted by Crippen LogP contribution is -2.29. The molecule has 6 N–H and O–H groups in total. The summed E-state index contributed by atoms with van der Waals surface area (Å²) >= 11 is 0. The fraction of sp³-hybridized carbons (Fsp3) is 0.354. The van der Waals surface area contributed by atoms with Crippen LogP contribution in [-0.2, 0) is 74.4 Å². The van der Waals surface area contributed by atoms with Crippen LogP contribution in [0.15, 0.2) is 284 Å². The van der Waals surface area contributed by atoms with Gasteiger partial charge in [-0.3, -0.25) is 30.6 Å². The average molecular weight is 2100 g/mol. The van der Waals surface area contributed by atoms with Gasteiger partial charge in [0.2, 0.25) is 0 Å². The minimum atomic E-state index is -3.65. The Bertz CT molecular complexity index is 7300. The molecule has 0 radical (unpaired) electrons. The largest absolute Gasteiger partial charge is 0.466 e. The zero-order chi connectivity index (χ0) is 106. The lowest BCUT2D eigenvalue weighted by atomic mass is 9.95. The molecule has 0 saturated heterocycles. The number of para-hydroxylation sites is 6. The molecule has 146 heavy (non-hydrogen) atoms. The molecule has 6 aliphatic rings. The number of carbonyl (C=O) groups is 1. The van der Waals surface area contributed by atoms with Crippen molar-refractivity contribution in [2.24, 2.45) is 0 Å². The minimum Gasteiger partial charge on any atom is -0.466 e. The van der Waals surface area contributed by atoms with Crippen molar-refractivity contribution in [3.8, 4) is 0 Å². The third kappa shape index (κ3) is 23.9. The SMILES string of the molecule is CCCCCNC1c2ccccc2N(C)S(=O)(=O)c2cc(C)ccc21.CCCNC1c2ccccc2N(C)S(=O)(=O)c2cc(C)ccc21.CCOC(=O)CCCCNC1c2ccccc2N(C)S(=O)(=O)c2cc(C)ccc21.CNC1c2ccccc2N(C)S(=O)(=O)c2cc(C)ccc21.COCCCNC1c2ccccc2N(C)S(=O)(=O)c2cc(C)ccc21.Cc1ccc2c(c1)S(=O)(=O)N(C)c1ccccc1C2NC(C)C. The van der Waals surface area contributed by atoms with E-state index in [9.17, 15) is 55.3 Å². The Morgan fingerprint density at radius 2 is 0.527 bits per heavy atom. The maximum absolute atomic E-state index is 13.2. The number of hydrogen-bond acceptors (Lipinski definition) is 21. The smallest absolute Gasteiger partial charge is 0.305 e. The molecular formula is C113H140N12O15S6. The fourth-order valence-corrected chi connectivity index (χ4v) is 28.6. The Morgan fingerprint density at radius 1 is 0.295 bits per heavy atom. The zero-order valence-corrected chi connectivity index (χ0v) is 91.8. The van der Waals surface area contributed by atoms with Crippen molar-refractivity contribution in [3.63, 3.8) is 0 Å². The van der Waals surface area contributed by atoms with E-state index >= 15 is 0 Å². The predicted octanol–water partition coefficient (Wildman–Crippen LogP) is 19.3. The van der Waals surface area contributed by atoms with Gasteiger partial charge in [0.25, 0.3) is 60.1 Å². The molecule has 0 spiro atoms. The topological polar surface area (TPSA) is 332 Å². The van der Waals surface area contributed by atoms with Crippen LogP contribution in [0.5, 0.6) is 0 Å². The molecule has 778 valence electrons. The Kier molecular flexibility index (Phi) is 36.7. The molecule has 33 heteroatoms. The highest BCUT2D eigenvalue weighted by Crippen LogP contribution is 2.48. The van der Waals surface area contributed by atoms with Crippen LogP contribution in [-0.4, -0.2) is 158 Å². The molecule has 6 unspecified atom stereocenters. The second kappa shape index (κ2) is 48.1. The summed E-state index contributed by atoms with van der Waals surface area (Å²) in [7, 11) is -8.23. The number of esters is 1. The van der Waals surface area contributed by atoms with Crippen LogP contribution in [0.2, 0.25) is 0 Å². The monoisotopic (exact) mass is 2100 g/mol. The molecule has 12 aromatic carbocycles. The molecule has 0 saturated carbocycles. The number of fused-ring (bicyclic) bond motifs is 12. The first-order valence-corrected chi connectivity index (χ1v) is 58.3. The van der Waals surface area contributed by atoms with Gasteiger partial charge in [0.1, 0.15) is 0 Å². The van der Waals surface area contributed by atoms with Crippen molar-refractivity contribution in [3.05, 3.63) is 355 Å². The van der Waals surface area contributed by atoms with E-state index in [1.165, 1.54) is 32.3 Å². The number of nitrogens with zero attached hydrogens (tertiary/aromatic N) is 6. The van der Waals surface area contributed by atoms with Crippen molar-refractivity contribution in [2.45, 2.75) is 199 Å². The highest BCUT2D eigenvalue weighted by molar-refractivity contribution is 7.94. The quantitative estimate of drug-likeness (QED) is 0.0256. The summed E-state index contributed by atoms with van der Waals surface area (Å²) in [5.41, 5.74) is 20.5. The van der Waals surface area contributed by atoms with E-state index in [0.29, 0.717) is 72.6 Å². The van der Waals surface area contributed by atoms with Gasteiger partial charge in [0.05, 0.1) is 106 Å². The van der Waals surface area contributed by atoms with Gasteiger partial charge >= 0.3 is 5.97 Å². The van der Waals surface area contributed by atoms with Crippen molar-refractivity contribution in [1.29, 1.82) is 0 Å². The molecule has 18 rings (SSSR count). The number of sulfonamides is 6. The number of anilines is 6. The van der Waals surface area contributed by atoms with Crippen LogP contribution in [0, 0.1) is 41.5 Å². The first kappa shape index (κ1) is 112. The highest BCUT2D eigenvalue weighted by atomic mass is 32.2. The van der Waals surface area contributed by atoms with Crippen molar-refractivity contribution >= 4 is 100 Å². The number of benzene rings is 12. The Balaban J connectivity index is 0.000000147. The molecule has 6 atom stereocenters. The van der Waals surface area contributed by atoms with Gasteiger partial charge in [-0.1, -0.05) is 209 Å².